The monoisotopic (exact) mass is 369 g/mol. The molecule has 0 radical (unpaired) electrons. The number of hydrogen-bond acceptors (Lipinski definition) is 5. The third kappa shape index (κ3) is 4.10. The van der Waals surface area contributed by atoms with Gasteiger partial charge >= 0.3 is 0 Å². The second kappa shape index (κ2) is 7.38. The van der Waals surface area contributed by atoms with Crippen molar-refractivity contribution in [1.82, 2.24) is 15.1 Å². The number of nitrogens with zero attached hydrogens (tertiary/aromatic N) is 3. The van der Waals surface area contributed by atoms with E-state index in [2.05, 4.69) is 15.7 Å². The minimum Gasteiger partial charge on any atom is -0.374 e. The summed E-state index contributed by atoms with van der Waals surface area (Å²) in [4.78, 5) is 23.1. The lowest BCUT2D eigenvalue weighted by atomic mass is 10.1. The largest absolute Gasteiger partial charge is 0.374 e. The quantitative estimate of drug-likeness (QED) is 0.575. The molecule has 2 fully saturated rings. The molecule has 142 valence electrons. The number of anilines is 1. The summed E-state index contributed by atoms with van der Waals surface area (Å²) in [6.07, 6.45) is 8.72. The molecule has 0 saturated heterocycles. The molecule has 0 unspecified atom stereocenters. The predicted molar refractivity (Wildman–Crippen MR) is 101 cm³/mol. The maximum absolute atomic E-state index is 12.1. The second-order valence-electron chi connectivity index (χ2n) is 7.32. The number of nitrogens with one attached hydrogen (secondary N) is 2. The van der Waals surface area contributed by atoms with Crippen LogP contribution in [0.4, 0.5) is 11.4 Å². The Kier molecular flexibility index (Phi) is 4.79. The van der Waals surface area contributed by atoms with Gasteiger partial charge in [0, 0.05) is 23.9 Å². The van der Waals surface area contributed by atoms with Gasteiger partial charge in [-0.3, -0.25) is 19.6 Å². The molecule has 1 aromatic carbocycles. The van der Waals surface area contributed by atoms with Gasteiger partial charge in [0.15, 0.2) is 0 Å². The Hall–Kier alpha value is -2.90. The summed E-state index contributed by atoms with van der Waals surface area (Å²) < 4.78 is 2.00. The Morgan fingerprint density at radius 2 is 2.00 bits per heavy atom. The van der Waals surface area contributed by atoms with Gasteiger partial charge in [0.1, 0.15) is 5.69 Å². The number of hydrogen-bond donors (Lipinski definition) is 2. The van der Waals surface area contributed by atoms with Crippen LogP contribution in [-0.4, -0.2) is 26.7 Å². The van der Waals surface area contributed by atoms with Crippen LogP contribution in [0.1, 0.15) is 60.6 Å². The molecule has 2 aliphatic carbocycles. The normalized spacial score (nSPS) is 17.0. The summed E-state index contributed by atoms with van der Waals surface area (Å²) in [5.41, 5.74) is 1.43. The van der Waals surface area contributed by atoms with Crippen molar-refractivity contribution in [3.8, 4) is 0 Å². The molecule has 4 rings (SSSR count). The first-order chi connectivity index (χ1) is 13.1. The highest BCUT2D eigenvalue weighted by Gasteiger charge is 2.25. The zero-order chi connectivity index (χ0) is 18.8. The number of benzene rings is 1. The first kappa shape index (κ1) is 17.5. The van der Waals surface area contributed by atoms with E-state index in [0.29, 0.717) is 23.8 Å². The van der Waals surface area contributed by atoms with E-state index in [1.165, 1.54) is 18.9 Å². The van der Waals surface area contributed by atoms with Crippen molar-refractivity contribution in [1.29, 1.82) is 0 Å². The molecule has 0 aliphatic heterocycles. The number of carbonyl (C=O) groups excluding carboxylic acids is 1. The van der Waals surface area contributed by atoms with Crippen LogP contribution in [0.2, 0.25) is 0 Å². The van der Waals surface area contributed by atoms with Crippen LogP contribution >= 0.6 is 0 Å². The molecule has 1 amide bonds. The Morgan fingerprint density at radius 3 is 2.70 bits per heavy atom. The van der Waals surface area contributed by atoms with E-state index < -0.39 is 4.92 Å². The fourth-order valence-corrected chi connectivity index (χ4v) is 3.50. The van der Waals surface area contributed by atoms with E-state index in [4.69, 9.17) is 0 Å². The summed E-state index contributed by atoms with van der Waals surface area (Å²) in [6, 6.07) is 7.16. The molecule has 1 heterocycles. The number of rotatable bonds is 7. The molecule has 2 aromatic rings. The Labute approximate surface area is 157 Å². The fraction of sp³-hybridized carbons (Fsp3) is 0.474. The van der Waals surface area contributed by atoms with E-state index in [-0.39, 0.29) is 17.6 Å². The third-order valence-electron chi connectivity index (χ3n) is 5.19. The Morgan fingerprint density at radius 1 is 1.22 bits per heavy atom. The van der Waals surface area contributed by atoms with Gasteiger partial charge in [-0.15, -0.1) is 0 Å². The van der Waals surface area contributed by atoms with E-state index in [9.17, 15) is 14.9 Å². The highest BCUT2D eigenvalue weighted by molar-refractivity contribution is 5.96. The standard InChI is InChI=1S/C19H23N5O3/c25-19(21-14-6-7-14)13-5-8-17(18(11-13)24(26)27)20-12-15-9-10-23(22-15)16-3-1-2-4-16/h5,8-11,14,16,20H,1-4,6-7,12H2,(H,21,25). The lowest BCUT2D eigenvalue weighted by Crippen LogP contribution is -2.25. The van der Waals surface area contributed by atoms with Crippen LogP contribution in [-0.2, 0) is 6.54 Å². The first-order valence-electron chi connectivity index (χ1n) is 9.47. The number of aromatic nitrogens is 2. The van der Waals surface area contributed by atoms with E-state index in [0.717, 1.165) is 31.4 Å². The van der Waals surface area contributed by atoms with Gasteiger partial charge in [-0.2, -0.15) is 5.10 Å². The van der Waals surface area contributed by atoms with E-state index in [1.54, 1.807) is 12.1 Å². The SMILES string of the molecule is O=C(NC1CC1)c1ccc(NCc2ccn(C3CCCC3)n2)c([N+](=O)[O-])c1. The van der Waals surface area contributed by atoms with Gasteiger partial charge in [0.05, 0.1) is 23.2 Å². The molecule has 2 N–H and O–H groups in total. The molecular formula is C19H23N5O3. The van der Waals surface area contributed by atoms with Gasteiger partial charge < -0.3 is 10.6 Å². The van der Waals surface area contributed by atoms with Crippen molar-refractivity contribution in [3.63, 3.8) is 0 Å². The van der Waals surface area contributed by atoms with Crippen molar-refractivity contribution in [3.05, 3.63) is 51.8 Å². The zero-order valence-corrected chi connectivity index (χ0v) is 15.1. The average Bonchev–Trinajstić information content (AvgIpc) is 3.13. The maximum Gasteiger partial charge on any atom is 0.293 e. The fourth-order valence-electron chi connectivity index (χ4n) is 3.50. The topological polar surface area (TPSA) is 102 Å². The van der Waals surface area contributed by atoms with Crippen molar-refractivity contribution >= 4 is 17.3 Å². The molecule has 0 atom stereocenters. The van der Waals surface area contributed by atoms with Crippen molar-refractivity contribution in [2.24, 2.45) is 0 Å². The molecule has 0 spiro atoms. The second-order valence-corrected chi connectivity index (χ2v) is 7.32. The average molecular weight is 369 g/mol. The van der Waals surface area contributed by atoms with Crippen molar-refractivity contribution in [2.45, 2.75) is 57.2 Å². The van der Waals surface area contributed by atoms with Crippen LogP contribution in [0, 0.1) is 10.1 Å². The van der Waals surface area contributed by atoms with Gasteiger partial charge in [-0.1, -0.05) is 12.8 Å². The smallest absolute Gasteiger partial charge is 0.293 e. The van der Waals surface area contributed by atoms with E-state index in [1.807, 2.05) is 16.9 Å². The predicted octanol–water partition coefficient (Wildman–Crippen LogP) is 3.41. The Balaban J connectivity index is 1.44. The highest BCUT2D eigenvalue weighted by atomic mass is 16.6. The maximum atomic E-state index is 12.1. The minimum absolute atomic E-state index is 0.103. The van der Waals surface area contributed by atoms with Crippen molar-refractivity contribution in [2.75, 3.05) is 5.32 Å². The lowest BCUT2D eigenvalue weighted by molar-refractivity contribution is -0.384. The van der Waals surface area contributed by atoms with Gasteiger partial charge in [-0.05, 0) is 43.9 Å². The molecule has 0 bridgehead atoms. The molecule has 2 aliphatic rings. The molecule has 8 nitrogen and oxygen atoms in total. The lowest BCUT2D eigenvalue weighted by Gasteiger charge is -2.10. The summed E-state index contributed by atoms with van der Waals surface area (Å²) in [5.74, 6) is -0.262. The summed E-state index contributed by atoms with van der Waals surface area (Å²) in [5, 5.41) is 22.0. The zero-order valence-electron chi connectivity index (χ0n) is 15.1. The van der Waals surface area contributed by atoms with Gasteiger partial charge in [0.2, 0.25) is 0 Å². The van der Waals surface area contributed by atoms with Crippen LogP contribution in [0.15, 0.2) is 30.5 Å². The van der Waals surface area contributed by atoms with Gasteiger partial charge in [-0.25, -0.2) is 0 Å². The van der Waals surface area contributed by atoms with Crippen molar-refractivity contribution < 1.29 is 9.72 Å². The van der Waals surface area contributed by atoms with Gasteiger partial charge in [0.25, 0.3) is 11.6 Å². The molecule has 1 aromatic heterocycles. The molecule has 8 heteroatoms. The number of amides is 1. The number of carbonyl (C=O) groups is 1. The van der Waals surface area contributed by atoms with Crippen LogP contribution in [0.3, 0.4) is 0 Å². The highest BCUT2D eigenvalue weighted by Crippen LogP contribution is 2.29. The summed E-state index contributed by atoms with van der Waals surface area (Å²) in [6.45, 7) is 0.397. The molecule has 2 saturated carbocycles. The third-order valence-corrected chi connectivity index (χ3v) is 5.19. The number of nitro groups is 1. The van der Waals surface area contributed by atoms with Crippen LogP contribution in [0.5, 0.6) is 0 Å². The van der Waals surface area contributed by atoms with Crippen LogP contribution < -0.4 is 10.6 Å². The molecular weight excluding hydrogens is 346 g/mol. The van der Waals surface area contributed by atoms with Crippen LogP contribution in [0.25, 0.3) is 0 Å². The molecule has 27 heavy (non-hydrogen) atoms. The first-order valence-corrected chi connectivity index (χ1v) is 9.47. The summed E-state index contributed by atoms with van der Waals surface area (Å²) in [7, 11) is 0. The Bertz CT molecular complexity index is 853. The number of nitro benzene ring substituents is 1. The summed E-state index contributed by atoms with van der Waals surface area (Å²) >= 11 is 0. The minimum atomic E-state index is -0.465. The van der Waals surface area contributed by atoms with E-state index >= 15 is 0 Å².